The van der Waals surface area contributed by atoms with Crippen molar-refractivity contribution in [3.8, 4) is 0 Å². The summed E-state index contributed by atoms with van der Waals surface area (Å²) >= 11 is 3.62. The molecule has 0 N–H and O–H groups in total. The Labute approximate surface area is 91.9 Å². The molecule has 0 atom stereocenters. The zero-order valence-corrected chi connectivity index (χ0v) is 10.7. The average Bonchev–Trinajstić information content (AvgIpc) is 2.13. The van der Waals surface area contributed by atoms with Gasteiger partial charge in [0.2, 0.25) is 0 Å². The van der Waals surface area contributed by atoms with Gasteiger partial charge in [0.25, 0.3) is 0 Å². The first-order valence-corrected chi connectivity index (χ1v) is 6.45. The highest BCUT2D eigenvalue weighted by atomic mass is 79.9. The van der Waals surface area contributed by atoms with Gasteiger partial charge in [0.1, 0.15) is 0 Å². The zero-order chi connectivity index (χ0) is 9.94. The van der Waals surface area contributed by atoms with E-state index in [2.05, 4.69) is 35.9 Å². The highest BCUT2D eigenvalue weighted by molar-refractivity contribution is 9.11. The van der Waals surface area contributed by atoms with Gasteiger partial charge in [0, 0.05) is 0 Å². The van der Waals surface area contributed by atoms with E-state index in [-0.39, 0.29) is 0 Å². The van der Waals surface area contributed by atoms with Crippen molar-refractivity contribution < 1.29 is 0 Å². The van der Waals surface area contributed by atoms with Gasteiger partial charge < -0.3 is 0 Å². The summed E-state index contributed by atoms with van der Waals surface area (Å²) < 4.78 is 1.41. The van der Waals surface area contributed by atoms with Crippen LogP contribution in [-0.2, 0) is 0 Å². The van der Waals surface area contributed by atoms with E-state index in [4.69, 9.17) is 0 Å². The lowest BCUT2D eigenvalue weighted by Crippen LogP contribution is -1.77. The van der Waals surface area contributed by atoms with E-state index in [1.165, 1.54) is 55.8 Å². The largest absolute Gasteiger partial charge is 0.0744 e. The van der Waals surface area contributed by atoms with Gasteiger partial charge in [-0.25, -0.2) is 0 Å². The molecule has 13 heavy (non-hydrogen) atoms. The minimum Gasteiger partial charge on any atom is -0.0744 e. The highest BCUT2D eigenvalue weighted by Crippen LogP contribution is 2.16. The first-order chi connectivity index (χ1) is 6.31. The van der Waals surface area contributed by atoms with Crippen LogP contribution in [0.15, 0.2) is 10.6 Å². The van der Waals surface area contributed by atoms with Crippen molar-refractivity contribution in [2.24, 2.45) is 0 Å². The molecule has 0 aliphatic carbocycles. The predicted molar refractivity (Wildman–Crippen MR) is 65.3 cm³/mol. The topological polar surface area (TPSA) is 0 Å². The normalized spacial score (nSPS) is 12.1. The number of allylic oxidation sites excluding steroid dienone is 2. The van der Waals surface area contributed by atoms with Crippen molar-refractivity contribution in [2.45, 2.75) is 65.2 Å². The number of halogens is 1. The molecule has 0 aliphatic heterocycles. The predicted octanol–water partition coefficient (Wildman–Crippen LogP) is 5.43. The molecule has 0 fully saturated rings. The van der Waals surface area contributed by atoms with Crippen molar-refractivity contribution in [1.82, 2.24) is 0 Å². The van der Waals surface area contributed by atoms with Crippen LogP contribution in [0.4, 0.5) is 0 Å². The molecule has 0 bridgehead atoms. The fourth-order valence-corrected chi connectivity index (χ4v) is 1.81. The van der Waals surface area contributed by atoms with Gasteiger partial charge in [0.15, 0.2) is 0 Å². The third-order valence-corrected chi connectivity index (χ3v) is 2.91. The second kappa shape index (κ2) is 10.3. The monoisotopic (exact) mass is 246 g/mol. The van der Waals surface area contributed by atoms with Crippen LogP contribution in [0.2, 0.25) is 0 Å². The average molecular weight is 247 g/mol. The van der Waals surface area contributed by atoms with Crippen LogP contribution in [0.5, 0.6) is 0 Å². The van der Waals surface area contributed by atoms with Crippen LogP contribution in [0, 0.1) is 0 Å². The molecule has 1 heteroatoms. The van der Waals surface area contributed by atoms with Crippen molar-refractivity contribution in [3.63, 3.8) is 0 Å². The minimum absolute atomic E-state index is 1.24. The lowest BCUT2D eigenvalue weighted by molar-refractivity contribution is 0.713. The molecule has 0 amide bonds. The Balaban J connectivity index is 3.29. The van der Waals surface area contributed by atoms with E-state index in [1.54, 1.807) is 0 Å². The van der Waals surface area contributed by atoms with Gasteiger partial charge in [-0.05, 0) is 30.2 Å². The first kappa shape index (κ1) is 13.2. The van der Waals surface area contributed by atoms with Gasteiger partial charge in [-0.3, -0.25) is 0 Å². The van der Waals surface area contributed by atoms with Crippen LogP contribution in [0.25, 0.3) is 0 Å². The van der Waals surface area contributed by atoms with E-state index in [9.17, 15) is 0 Å². The molecule has 0 rings (SSSR count). The molecule has 0 nitrogen and oxygen atoms in total. The molecule has 0 heterocycles. The van der Waals surface area contributed by atoms with Gasteiger partial charge in [-0.1, -0.05) is 61.5 Å². The van der Waals surface area contributed by atoms with Crippen LogP contribution in [0.1, 0.15) is 65.2 Å². The maximum atomic E-state index is 3.62. The molecule has 0 spiro atoms. The maximum absolute atomic E-state index is 3.62. The van der Waals surface area contributed by atoms with Crippen molar-refractivity contribution in [3.05, 3.63) is 10.6 Å². The summed E-state index contributed by atoms with van der Waals surface area (Å²) in [6.07, 6.45) is 12.9. The lowest BCUT2D eigenvalue weighted by Gasteiger charge is -1.98. The second-order valence-electron chi connectivity index (χ2n) is 3.60. The molecule has 0 saturated carbocycles. The number of hydrogen-bond donors (Lipinski definition) is 0. The molecule has 0 saturated heterocycles. The number of rotatable bonds is 8. The number of unbranched alkanes of at least 4 members (excludes halogenated alkanes) is 5. The summed E-state index contributed by atoms with van der Waals surface area (Å²) in [6, 6.07) is 0. The maximum Gasteiger partial charge on any atom is -0.00892 e. The Kier molecular flexibility index (Phi) is 10.5. The van der Waals surface area contributed by atoms with Gasteiger partial charge in [-0.2, -0.15) is 0 Å². The second-order valence-corrected chi connectivity index (χ2v) is 4.62. The van der Waals surface area contributed by atoms with Crippen LogP contribution in [-0.4, -0.2) is 0 Å². The molecule has 78 valence electrons. The van der Waals surface area contributed by atoms with Crippen molar-refractivity contribution in [1.29, 1.82) is 0 Å². The van der Waals surface area contributed by atoms with Crippen LogP contribution < -0.4 is 0 Å². The third kappa shape index (κ3) is 10.1. The summed E-state index contributed by atoms with van der Waals surface area (Å²) in [5, 5.41) is 0. The smallest absolute Gasteiger partial charge is 0.00892 e. The summed E-state index contributed by atoms with van der Waals surface area (Å²) in [5.41, 5.74) is 0. The fraction of sp³-hybridized carbons (Fsp3) is 0.833. The number of hydrogen-bond acceptors (Lipinski definition) is 0. The minimum atomic E-state index is 1.24. The molecule has 0 aromatic carbocycles. The van der Waals surface area contributed by atoms with Crippen LogP contribution >= 0.6 is 15.9 Å². The first-order valence-electron chi connectivity index (χ1n) is 5.65. The van der Waals surface area contributed by atoms with Gasteiger partial charge in [0.05, 0.1) is 0 Å². The Morgan fingerprint density at radius 3 is 2.23 bits per heavy atom. The lowest BCUT2D eigenvalue weighted by atomic mass is 10.1. The quantitative estimate of drug-likeness (QED) is 0.502. The Morgan fingerprint density at radius 1 is 1.00 bits per heavy atom. The Morgan fingerprint density at radius 2 is 1.62 bits per heavy atom. The molecule has 0 aromatic heterocycles. The molecule has 0 radical (unpaired) electrons. The Hall–Kier alpha value is 0.220. The van der Waals surface area contributed by atoms with E-state index in [1.807, 2.05) is 0 Å². The van der Waals surface area contributed by atoms with Crippen molar-refractivity contribution >= 4 is 15.9 Å². The summed E-state index contributed by atoms with van der Waals surface area (Å²) in [4.78, 5) is 0. The molecule has 0 aliphatic rings. The van der Waals surface area contributed by atoms with Gasteiger partial charge >= 0.3 is 0 Å². The summed E-state index contributed by atoms with van der Waals surface area (Å²) in [5.74, 6) is 0. The summed E-state index contributed by atoms with van der Waals surface area (Å²) in [7, 11) is 0. The van der Waals surface area contributed by atoms with Crippen molar-refractivity contribution in [2.75, 3.05) is 0 Å². The molecule has 0 aromatic rings. The third-order valence-electron chi connectivity index (χ3n) is 2.19. The van der Waals surface area contributed by atoms with Crippen LogP contribution in [0.3, 0.4) is 0 Å². The molecule has 0 unspecified atom stereocenters. The zero-order valence-electron chi connectivity index (χ0n) is 9.11. The SMILES string of the molecule is CCCCCC=C(Br)CCCCC. The fourth-order valence-electron chi connectivity index (χ4n) is 1.30. The van der Waals surface area contributed by atoms with E-state index in [0.717, 1.165) is 0 Å². The Bertz CT molecular complexity index is 127. The van der Waals surface area contributed by atoms with E-state index < -0.39 is 0 Å². The van der Waals surface area contributed by atoms with E-state index in [0.29, 0.717) is 0 Å². The molecular weight excluding hydrogens is 224 g/mol. The summed E-state index contributed by atoms with van der Waals surface area (Å²) in [6.45, 7) is 4.50. The molecular formula is C12H23Br. The highest BCUT2D eigenvalue weighted by Gasteiger charge is 1.91. The standard InChI is InChI=1S/C12H23Br/c1-3-5-7-9-11-12(13)10-8-6-4-2/h11H,3-10H2,1-2H3. The van der Waals surface area contributed by atoms with Gasteiger partial charge in [-0.15, -0.1) is 0 Å². The van der Waals surface area contributed by atoms with E-state index >= 15 is 0 Å².